The molecule has 1 aromatic heterocycles. The van der Waals surface area contributed by atoms with Gasteiger partial charge in [0.25, 0.3) is 0 Å². The summed E-state index contributed by atoms with van der Waals surface area (Å²) in [5, 5.41) is 11.9. The van der Waals surface area contributed by atoms with Crippen molar-refractivity contribution >= 4 is 5.84 Å². The number of nitrogens with zero attached hydrogens (tertiary/aromatic N) is 2. The van der Waals surface area contributed by atoms with Gasteiger partial charge in [0.1, 0.15) is 0 Å². The fraction of sp³-hybridized carbons (Fsp3) is 0.538. The molecule has 0 aliphatic carbocycles. The number of nitrogens with two attached hydrogens (primary N) is 1. The smallest absolute Gasteiger partial charge is 0.225 e. The molecule has 104 valence electrons. The van der Waals surface area contributed by atoms with Crippen molar-refractivity contribution < 1.29 is 14.7 Å². The number of hydrogen-bond donors (Lipinski definition) is 2. The SMILES string of the molecule is Cc1cc(C)c(/C(N)=N/O)c(OCC2CCOC2)n1. The van der Waals surface area contributed by atoms with E-state index in [1.807, 2.05) is 19.9 Å². The summed E-state index contributed by atoms with van der Waals surface area (Å²) in [6.45, 7) is 5.79. The predicted octanol–water partition coefficient (Wildman–Crippen LogP) is 1.21. The lowest BCUT2D eigenvalue weighted by molar-refractivity contribution is 0.165. The average Bonchev–Trinajstić information content (AvgIpc) is 2.88. The topological polar surface area (TPSA) is 90.0 Å². The lowest BCUT2D eigenvalue weighted by Gasteiger charge is -2.15. The molecular weight excluding hydrogens is 246 g/mol. The molecule has 1 unspecified atom stereocenters. The van der Waals surface area contributed by atoms with E-state index in [9.17, 15) is 0 Å². The Morgan fingerprint density at radius 3 is 3.05 bits per heavy atom. The van der Waals surface area contributed by atoms with Crippen molar-refractivity contribution in [1.82, 2.24) is 4.98 Å². The van der Waals surface area contributed by atoms with Gasteiger partial charge in [0.2, 0.25) is 5.88 Å². The summed E-state index contributed by atoms with van der Waals surface area (Å²) in [6, 6.07) is 1.87. The van der Waals surface area contributed by atoms with Crippen molar-refractivity contribution in [2.24, 2.45) is 16.8 Å². The highest BCUT2D eigenvalue weighted by atomic mass is 16.5. The van der Waals surface area contributed by atoms with Crippen molar-refractivity contribution in [2.75, 3.05) is 19.8 Å². The van der Waals surface area contributed by atoms with Crippen LogP contribution in [0.3, 0.4) is 0 Å². The van der Waals surface area contributed by atoms with Gasteiger partial charge < -0.3 is 20.4 Å². The zero-order valence-electron chi connectivity index (χ0n) is 11.2. The molecule has 3 N–H and O–H groups in total. The van der Waals surface area contributed by atoms with Crippen LogP contribution >= 0.6 is 0 Å². The molecule has 1 aromatic rings. The highest BCUT2D eigenvalue weighted by molar-refractivity contribution is 6.00. The van der Waals surface area contributed by atoms with E-state index in [0.29, 0.717) is 30.6 Å². The Labute approximate surface area is 112 Å². The molecule has 1 aliphatic heterocycles. The molecule has 6 heteroatoms. The molecule has 0 spiro atoms. The van der Waals surface area contributed by atoms with Gasteiger partial charge in [-0.05, 0) is 31.9 Å². The van der Waals surface area contributed by atoms with Gasteiger partial charge >= 0.3 is 0 Å². The monoisotopic (exact) mass is 265 g/mol. The van der Waals surface area contributed by atoms with Crippen molar-refractivity contribution in [2.45, 2.75) is 20.3 Å². The van der Waals surface area contributed by atoms with Crippen molar-refractivity contribution in [3.63, 3.8) is 0 Å². The fourth-order valence-corrected chi connectivity index (χ4v) is 2.18. The van der Waals surface area contributed by atoms with Crippen molar-refractivity contribution in [3.8, 4) is 5.88 Å². The first-order valence-corrected chi connectivity index (χ1v) is 6.28. The predicted molar refractivity (Wildman–Crippen MR) is 70.6 cm³/mol. The third-order valence-electron chi connectivity index (χ3n) is 3.16. The lowest BCUT2D eigenvalue weighted by Crippen LogP contribution is -2.20. The van der Waals surface area contributed by atoms with E-state index in [-0.39, 0.29) is 5.84 Å². The first-order chi connectivity index (χ1) is 9.11. The van der Waals surface area contributed by atoms with Crippen LogP contribution in [0.4, 0.5) is 0 Å². The van der Waals surface area contributed by atoms with Crippen LogP contribution in [0.1, 0.15) is 23.2 Å². The highest BCUT2D eigenvalue weighted by Gasteiger charge is 2.19. The molecule has 6 nitrogen and oxygen atoms in total. The van der Waals surface area contributed by atoms with Gasteiger partial charge in [-0.1, -0.05) is 5.16 Å². The molecule has 0 amide bonds. The number of aryl methyl sites for hydroxylation is 2. The second kappa shape index (κ2) is 5.88. The van der Waals surface area contributed by atoms with Crippen LogP contribution in [0.15, 0.2) is 11.2 Å². The zero-order valence-corrected chi connectivity index (χ0v) is 11.2. The Hall–Kier alpha value is -1.82. The Balaban J connectivity index is 2.21. The Morgan fingerprint density at radius 1 is 1.63 bits per heavy atom. The Bertz CT molecular complexity index is 482. The van der Waals surface area contributed by atoms with Crippen LogP contribution in [0.25, 0.3) is 0 Å². The van der Waals surface area contributed by atoms with E-state index in [1.165, 1.54) is 0 Å². The van der Waals surface area contributed by atoms with Gasteiger partial charge in [0, 0.05) is 18.2 Å². The van der Waals surface area contributed by atoms with E-state index >= 15 is 0 Å². The minimum atomic E-state index is 0.0164. The second-order valence-electron chi connectivity index (χ2n) is 4.79. The molecule has 1 saturated heterocycles. The van der Waals surface area contributed by atoms with Gasteiger partial charge in [-0.3, -0.25) is 0 Å². The number of oxime groups is 1. The summed E-state index contributed by atoms with van der Waals surface area (Å²) in [4.78, 5) is 4.33. The number of pyridine rings is 1. The lowest BCUT2D eigenvalue weighted by atomic mass is 10.1. The maximum absolute atomic E-state index is 8.85. The van der Waals surface area contributed by atoms with Crippen LogP contribution < -0.4 is 10.5 Å². The van der Waals surface area contributed by atoms with E-state index in [0.717, 1.165) is 24.3 Å². The zero-order chi connectivity index (χ0) is 13.8. The second-order valence-corrected chi connectivity index (χ2v) is 4.79. The van der Waals surface area contributed by atoms with Crippen molar-refractivity contribution in [1.29, 1.82) is 0 Å². The summed E-state index contributed by atoms with van der Waals surface area (Å²) in [7, 11) is 0. The molecule has 0 bridgehead atoms. The molecule has 2 rings (SSSR count). The minimum Gasteiger partial charge on any atom is -0.477 e. The van der Waals surface area contributed by atoms with E-state index in [1.54, 1.807) is 0 Å². The van der Waals surface area contributed by atoms with E-state index in [4.69, 9.17) is 20.4 Å². The van der Waals surface area contributed by atoms with Gasteiger partial charge in [0.15, 0.2) is 5.84 Å². The van der Waals surface area contributed by atoms with Crippen LogP contribution in [0, 0.1) is 19.8 Å². The average molecular weight is 265 g/mol. The molecule has 19 heavy (non-hydrogen) atoms. The standard InChI is InChI=1S/C13H19N3O3/c1-8-5-9(2)15-13(11(8)12(14)16-17)19-7-10-3-4-18-6-10/h5,10,17H,3-4,6-7H2,1-2H3,(H2,14,16). The van der Waals surface area contributed by atoms with Gasteiger partial charge in [-0.2, -0.15) is 0 Å². The molecule has 0 radical (unpaired) electrons. The van der Waals surface area contributed by atoms with Crippen LogP contribution in [0.2, 0.25) is 0 Å². The molecule has 0 saturated carbocycles. The first kappa shape index (κ1) is 13.6. The van der Waals surface area contributed by atoms with Crippen LogP contribution in [0.5, 0.6) is 5.88 Å². The summed E-state index contributed by atoms with van der Waals surface area (Å²) in [6.07, 6.45) is 0.990. The highest BCUT2D eigenvalue weighted by Crippen LogP contribution is 2.22. The van der Waals surface area contributed by atoms with Crippen molar-refractivity contribution in [3.05, 3.63) is 22.9 Å². The van der Waals surface area contributed by atoms with Gasteiger partial charge in [0.05, 0.1) is 18.8 Å². The number of hydrogen-bond acceptors (Lipinski definition) is 5. The van der Waals surface area contributed by atoms with Crippen LogP contribution in [-0.2, 0) is 4.74 Å². The Kier molecular flexibility index (Phi) is 4.21. The first-order valence-electron chi connectivity index (χ1n) is 6.28. The third kappa shape index (κ3) is 3.14. The van der Waals surface area contributed by atoms with E-state index < -0.39 is 0 Å². The quantitative estimate of drug-likeness (QED) is 0.369. The maximum atomic E-state index is 8.85. The molecule has 2 heterocycles. The molecule has 1 fully saturated rings. The fourth-order valence-electron chi connectivity index (χ4n) is 2.18. The van der Waals surface area contributed by atoms with Crippen LogP contribution in [-0.4, -0.2) is 35.8 Å². The normalized spacial score (nSPS) is 19.7. The Morgan fingerprint density at radius 2 is 2.42 bits per heavy atom. The number of rotatable bonds is 4. The molecule has 0 aromatic carbocycles. The number of aromatic nitrogens is 1. The van der Waals surface area contributed by atoms with Gasteiger partial charge in [-0.15, -0.1) is 0 Å². The maximum Gasteiger partial charge on any atom is 0.225 e. The molecule has 1 atom stereocenters. The molecule has 1 aliphatic rings. The summed E-state index contributed by atoms with van der Waals surface area (Å²) in [5.74, 6) is 0.810. The largest absolute Gasteiger partial charge is 0.477 e. The number of ether oxygens (including phenoxy) is 2. The third-order valence-corrected chi connectivity index (χ3v) is 3.16. The summed E-state index contributed by atoms with van der Waals surface area (Å²) < 4.78 is 11.0. The summed E-state index contributed by atoms with van der Waals surface area (Å²) >= 11 is 0. The van der Waals surface area contributed by atoms with Gasteiger partial charge in [-0.25, -0.2) is 4.98 Å². The minimum absolute atomic E-state index is 0.0164. The summed E-state index contributed by atoms with van der Waals surface area (Å²) in [5.41, 5.74) is 7.95. The van der Waals surface area contributed by atoms with E-state index in [2.05, 4.69) is 10.1 Å². The molecular formula is C13H19N3O3. The number of amidine groups is 1.